The zero-order valence-electron chi connectivity index (χ0n) is 14.7. The van der Waals surface area contributed by atoms with Gasteiger partial charge >= 0.3 is 0 Å². The molecule has 1 aliphatic heterocycles. The van der Waals surface area contributed by atoms with E-state index in [1.165, 1.54) is 17.8 Å². The van der Waals surface area contributed by atoms with Gasteiger partial charge in [-0.3, -0.25) is 4.79 Å². The zero-order chi connectivity index (χ0) is 17.8. The van der Waals surface area contributed by atoms with E-state index in [1.807, 2.05) is 43.1 Å². The van der Waals surface area contributed by atoms with Crippen molar-refractivity contribution in [2.45, 2.75) is 26.2 Å². The van der Waals surface area contributed by atoms with Crippen LogP contribution in [-0.2, 0) is 0 Å². The maximum atomic E-state index is 12.9. The molecule has 0 atom stereocenters. The molecule has 1 saturated heterocycles. The van der Waals surface area contributed by atoms with E-state index in [-0.39, 0.29) is 5.91 Å². The second-order valence-corrected chi connectivity index (χ2v) is 8.01. The topological polar surface area (TPSA) is 45.2 Å². The maximum absolute atomic E-state index is 12.9. The van der Waals surface area contributed by atoms with Crippen molar-refractivity contribution in [2.75, 3.05) is 26.7 Å². The fourth-order valence-corrected chi connectivity index (χ4v) is 4.48. The first-order chi connectivity index (χ1) is 12.1. The van der Waals surface area contributed by atoms with E-state index in [9.17, 15) is 4.79 Å². The highest BCUT2D eigenvalue weighted by molar-refractivity contribution is 7.17. The Morgan fingerprint density at radius 2 is 2.16 bits per heavy atom. The second-order valence-electron chi connectivity index (χ2n) is 6.57. The molecule has 134 valence electrons. The molecule has 1 amide bonds. The van der Waals surface area contributed by atoms with E-state index in [2.05, 4.69) is 10.3 Å². The van der Waals surface area contributed by atoms with Gasteiger partial charge in [-0.25, -0.2) is 4.98 Å². The Hall–Kier alpha value is -1.43. The summed E-state index contributed by atoms with van der Waals surface area (Å²) in [4.78, 5) is 20.2. The van der Waals surface area contributed by atoms with Crippen LogP contribution in [0.1, 0.15) is 34.6 Å². The van der Waals surface area contributed by atoms with Crippen molar-refractivity contribution in [1.29, 1.82) is 0 Å². The fraction of sp³-hybridized carbons (Fsp3) is 0.474. The number of carbonyl (C=O) groups excluding carboxylic acids is 1. The molecule has 25 heavy (non-hydrogen) atoms. The number of thiazole rings is 1. The number of amides is 1. The van der Waals surface area contributed by atoms with Crippen LogP contribution in [0.25, 0.3) is 10.6 Å². The highest BCUT2D eigenvalue weighted by Gasteiger charge is 2.26. The molecule has 2 heterocycles. The lowest BCUT2D eigenvalue weighted by molar-refractivity contribution is 0.0691. The third-order valence-corrected chi connectivity index (χ3v) is 6.20. The Bertz CT molecular complexity index is 738. The molecule has 1 N–H and O–H groups in total. The predicted molar refractivity (Wildman–Crippen MR) is 104 cm³/mol. The van der Waals surface area contributed by atoms with Crippen LogP contribution in [0, 0.1) is 12.8 Å². The molecule has 0 bridgehead atoms. The summed E-state index contributed by atoms with van der Waals surface area (Å²) < 4.78 is 0. The lowest BCUT2D eigenvalue weighted by atomic mass is 9.93. The summed E-state index contributed by atoms with van der Waals surface area (Å²) in [5.41, 5.74) is 1.77. The Balaban J connectivity index is 1.69. The lowest BCUT2D eigenvalue weighted by Gasteiger charge is -2.31. The molecule has 1 aromatic heterocycles. The number of aromatic nitrogens is 1. The van der Waals surface area contributed by atoms with Gasteiger partial charge in [0.2, 0.25) is 0 Å². The van der Waals surface area contributed by atoms with Crippen molar-refractivity contribution >= 4 is 28.8 Å². The molecule has 4 nitrogen and oxygen atoms in total. The van der Waals surface area contributed by atoms with Gasteiger partial charge < -0.3 is 10.2 Å². The number of hydrogen-bond donors (Lipinski definition) is 1. The van der Waals surface area contributed by atoms with Crippen LogP contribution in [0.3, 0.4) is 0 Å². The van der Waals surface area contributed by atoms with Crippen molar-refractivity contribution in [2.24, 2.45) is 5.92 Å². The first kappa shape index (κ1) is 18.4. The third-order valence-electron chi connectivity index (χ3n) is 4.77. The van der Waals surface area contributed by atoms with Crippen molar-refractivity contribution < 1.29 is 4.79 Å². The summed E-state index contributed by atoms with van der Waals surface area (Å²) in [5, 5.41) is 4.74. The standard InChI is InChI=1S/C19H24ClN3OS/c1-13-17(25-18(22-13)15-4-3-5-16(20)12-15)19(24)23-10-7-14(8-11-23)6-9-21-2/h3-5,12,14,21H,6-11H2,1-2H3. The van der Waals surface area contributed by atoms with E-state index >= 15 is 0 Å². The van der Waals surface area contributed by atoms with Gasteiger partial charge in [0.1, 0.15) is 9.88 Å². The number of piperidine rings is 1. The van der Waals surface area contributed by atoms with Crippen LogP contribution < -0.4 is 5.32 Å². The van der Waals surface area contributed by atoms with Crippen molar-refractivity contribution in [3.8, 4) is 10.6 Å². The number of likely N-dealkylation sites (tertiary alicyclic amines) is 1. The highest BCUT2D eigenvalue weighted by atomic mass is 35.5. The summed E-state index contributed by atoms with van der Waals surface area (Å²) in [5.74, 6) is 0.844. The fourth-order valence-electron chi connectivity index (χ4n) is 3.26. The number of nitrogens with one attached hydrogen (secondary N) is 1. The van der Waals surface area contributed by atoms with Crippen LogP contribution >= 0.6 is 22.9 Å². The number of halogens is 1. The minimum Gasteiger partial charge on any atom is -0.338 e. The third kappa shape index (κ3) is 4.40. The van der Waals surface area contributed by atoms with Crippen LogP contribution in [0.15, 0.2) is 24.3 Å². The first-order valence-corrected chi connectivity index (χ1v) is 9.95. The smallest absolute Gasteiger partial charge is 0.265 e. The quantitative estimate of drug-likeness (QED) is 0.847. The number of carbonyl (C=O) groups is 1. The highest BCUT2D eigenvalue weighted by Crippen LogP contribution is 2.31. The Kier molecular flexibility index (Phi) is 6.10. The van der Waals surface area contributed by atoms with Crippen LogP contribution in [-0.4, -0.2) is 42.5 Å². The average molecular weight is 378 g/mol. The summed E-state index contributed by atoms with van der Waals surface area (Å²) >= 11 is 7.54. The predicted octanol–water partition coefficient (Wildman–Crippen LogP) is 4.23. The van der Waals surface area contributed by atoms with E-state index in [4.69, 9.17) is 11.6 Å². The Morgan fingerprint density at radius 3 is 2.84 bits per heavy atom. The molecular weight excluding hydrogens is 354 g/mol. The van der Waals surface area contributed by atoms with E-state index < -0.39 is 0 Å². The Morgan fingerprint density at radius 1 is 1.40 bits per heavy atom. The van der Waals surface area contributed by atoms with Crippen molar-refractivity contribution in [1.82, 2.24) is 15.2 Å². The van der Waals surface area contributed by atoms with Crippen molar-refractivity contribution in [3.05, 3.63) is 39.9 Å². The van der Waals surface area contributed by atoms with Gasteiger partial charge in [-0.2, -0.15) is 0 Å². The van der Waals surface area contributed by atoms with Gasteiger partial charge in [0.25, 0.3) is 5.91 Å². The summed E-state index contributed by atoms with van der Waals surface area (Å²) in [6.45, 7) is 4.65. The van der Waals surface area contributed by atoms with Gasteiger partial charge in [-0.1, -0.05) is 23.7 Å². The van der Waals surface area contributed by atoms with Gasteiger partial charge in [0.05, 0.1) is 5.69 Å². The van der Waals surface area contributed by atoms with Gasteiger partial charge in [0.15, 0.2) is 0 Å². The first-order valence-electron chi connectivity index (χ1n) is 8.75. The summed E-state index contributed by atoms with van der Waals surface area (Å²) in [6.07, 6.45) is 3.37. The van der Waals surface area contributed by atoms with Gasteiger partial charge in [0, 0.05) is 23.7 Å². The average Bonchev–Trinajstić information content (AvgIpc) is 3.01. The van der Waals surface area contributed by atoms with Crippen molar-refractivity contribution in [3.63, 3.8) is 0 Å². The minimum absolute atomic E-state index is 0.121. The number of benzene rings is 1. The molecule has 3 rings (SSSR count). The largest absolute Gasteiger partial charge is 0.338 e. The lowest BCUT2D eigenvalue weighted by Crippen LogP contribution is -2.38. The molecule has 0 unspecified atom stereocenters. The summed E-state index contributed by atoms with van der Waals surface area (Å²) in [6, 6.07) is 7.62. The molecule has 6 heteroatoms. The monoisotopic (exact) mass is 377 g/mol. The molecule has 0 saturated carbocycles. The minimum atomic E-state index is 0.121. The molecule has 1 fully saturated rings. The van der Waals surface area contributed by atoms with Gasteiger partial charge in [-0.15, -0.1) is 11.3 Å². The summed E-state index contributed by atoms with van der Waals surface area (Å²) in [7, 11) is 1.99. The Labute approximate surface area is 158 Å². The maximum Gasteiger partial charge on any atom is 0.265 e. The molecule has 0 aliphatic carbocycles. The number of rotatable bonds is 5. The van der Waals surface area contributed by atoms with E-state index in [1.54, 1.807) is 0 Å². The molecular formula is C19H24ClN3OS. The van der Waals surface area contributed by atoms with E-state index in [0.717, 1.165) is 59.5 Å². The molecule has 1 aromatic carbocycles. The number of aryl methyl sites for hydroxylation is 1. The normalized spacial score (nSPS) is 15.6. The number of hydrogen-bond acceptors (Lipinski definition) is 4. The van der Waals surface area contributed by atoms with Crippen LogP contribution in [0.4, 0.5) is 0 Å². The van der Waals surface area contributed by atoms with E-state index in [0.29, 0.717) is 5.02 Å². The van der Waals surface area contributed by atoms with Gasteiger partial charge in [-0.05, 0) is 57.8 Å². The molecule has 0 radical (unpaired) electrons. The number of nitrogens with zero attached hydrogens (tertiary/aromatic N) is 2. The molecule has 0 spiro atoms. The zero-order valence-corrected chi connectivity index (χ0v) is 16.3. The SMILES string of the molecule is CNCCC1CCN(C(=O)c2sc(-c3cccc(Cl)c3)nc2C)CC1. The molecule has 1 aliphatic rings. The van der Waals surface area contributed by atoms with Crippen LogP contribution in [0.5, 0.6) is 0 Å². The molecule has 2 aromatic rings. The second kappa shape index (κ2) is 8.30. The van der Waals surface area contributed by atoms with Crippen LogP contribution in [0.2, 0.25) is 5.02 Å².